The van der Waals surface area contributed by atoms with Crippen molar-refractivity contribution in [2.24, 2.45) is 12.1 Å². The first-order valence-corrected chi connectivity index (χ1v) is 7.69. The van der Waals surface area contributed by atoms with Gasteiger partial charge in [-0.3, -0.25) is 18.5 Å². The summed E-state index contributed by atoms with van der Waals surface area (Å²) in [5.74, 6) is 0.0531. The highest BCUT2D eigenvalue weighted by Gasteiger charge is 2.22. The Bertz CT molecular complexity index is 1140. The first-order chi connectivity index (χ1) is 12.0. The van der Waals surface area contributed by atoms with E-state index < -0.39 is 11.2 Å². The summed E-state index contributed by atoms with van der Waals surface area (Å²) >= 11 is 0. The summed E-state index contributed by atoms with van der Waals surface area (Å²) < 4.78 is 17.3. The fourth-order valence-corrected chi connectivity index (χ4v) is 2.93. The van der Waals surface area contributed by atoms with Crippen LogP contribution in [-0.2, 0) is 20.1 Å². The molecule has 4 rings (SSSR count). The highest BCUT2D eigenvalue weighted by molar-refractivity contribution is 5.87. The Balaban J connectivity index is 1.94. The van der Waals surface area contributed by atoms with Crippen LogP contribution in [0.15, 0.2) is 39.0 Å². The van der Waals surface area contributed by atoms with E-state index >= 15 is 0 Å². The summed E-state index contributed by atoms with van der Waals surface area (Å²) in [4.78, 5) is 29.9. The molecule has 0 saturated heterocycles. The van der Waals surface area contributed by atoms with Crippen LogP contribution in [0, 0.1) is 5.82 Å². The number of hydrogen-bond acceptors (Lipinski definition) is 5. The Morgan fingerprint density at radius 3 is 2.68 bits per heavy atom. The minimum absolute atomic E-state index is 0.0583. The number of hydrazone groups is 1. The highest BCUT2D eigenvalue weighted by atomic mass is 19.1. The molecule has 0 saturated carbocycles. The summed E-state index contributed by atoms with van der Waals surface area (Å²) in [6, 6.07) is 5.70. The van der Waals surface area contributed by atoms with Crippen LogP contribution >= 0.6 is 0 Å². The number of rotatable bonds is 2. The van der Waals surface area contributed by atoms with Crippen molar-refractivity contribution in [1.82, 2.24) is 18.7 Å². The monoisotopic (exact) mass is 342 g/mol. The topological polar surface area (TPSA) is 86.2 Å². The second kappa shape index (κ2) is 5.40. The number of nitrogens with zero attached hydrogens (tertiary/aromatic N) is 5. The molecule has 3 heterocycles. The maximum absolute atomic E-state index is 13.1. The minimum atomic E-state index is -0.477. The molecule has 8 nitrogen and oxygen atoms in total. The van der Waals surface area contributed by atoms with Crippen LogP contribution in [0.5, 0.6) is 0 Å². The molecule has 0 aliphatic carbocycles. The van der Waals surface area contributed by atoms with Crippen molar-refractivity contribution >= 4 is 22.8 Å². The van der Waals surface area contributed by atoms with Crippen LogP contribution < -0.4 is 16.7 Å². The Labute approximate surface area is 140 Å². The summed E-state index contributed by atoms with van der Waals surface area (Å²) in [5, 5.41) is 4.10. The number of fused-ring (bicyclic) bond motifs is 3. The van der Waals surface area contributed by atoms with Gasteiger partial charge < -0.3 is 0 Å². The predicted molar refractivity (Wildman–Crippen MR) is 91.5 cm³/mol. The number of aromatic nitrogens is 4. The van der Waals surface area contributed by atoms with Gasteiger partial charge in [0.2, 0.25) is 5.95 Å². The largest absolute Gasteiger partial charge is 0.332 e. The Kier molecular flexibility index (Phi) is 3.31. The third-order valence-electron chi connectivity index (χ3n) is 4.22. The van der Waals surface area contributed by atoms with Crippen molar-refractivity contribution in [2.75, 3.05) is 5.43 Å². The number of aryl methyl sites for hydroxylation is 1. The lowest BCUT2D eigenvalue weighted by molar-refractivity contribution is 0.623. The molecular formula is C16H15FN6O2. The highest BCUT2D eigenvalue weighted by Crippen LogP contribution is 2.18. The number of anilines is 1. The zero-order valence-corrected chi connectivity index (χ0v) is 13.7. The molecule has 0 spiro atoms. The van der Waals surface area contributed by atoms with Crippen molar-refractivity contribution in [3.63, 3.8) is 0 Å². The Morgan fingerprint density at radius 1 is 1.24 bits per heavy atom. The van der Waals surface area contributed by atoms with Crippen molar-refractivity contribution < 1.29 is 4.39 Å². The third kappa shape index (κ3) is 2.35. The summed E-state index contributed by atoms with van der Waals surface area (Å²) in [6.45, 7) is 2.31. The van der Waals surface area contributed by atoms with Gasteiger partial charge in [-0.2, -0.15) is 10.1 Å². The summed E-state index contributed by atoms with van der Waals surface area (Å²) in [7, 11) is 1.57. The van der Waals surface area contributed by atoms with Crippen LogP contribution in [0.3, 0.4) is 0 Å². The van der Waals surface area contributed by atoms with Gasteiger partial charge in [0.05, 0.1) is 18.8 Å². The van der Waals surface area contributed by atoms with E-state index in [9.17, 15) is 14.0 Å². The lowest BCUT2D eigenvalue weighted by Crippen LogP contribution is -2.40. The Hall–Kier alpha value is -3.23. The molecule has 1 aliphatic heterocycles. The van der Waals surface area contributed by atoms with Gasteiger partial charge in [-0.1, -0.05) is 12.1 Å². The van der Waals surface area contributed by atoms with Gasteiger partial charge in [0, 0.05) is 7.05 Å². The first kappa shape index (κ1) is 15.3. The quantitative estimate of drug-likeness (QED) is 0.749. The standard InChI is InChI=1S/C16H15FN6O2/c1-9-7-22-12-13(18-15(22)20-19-9)21(2)16(25)23(14(12)24)8-10-3-5-11(17)6-4-10/h3-6H,7-8H2,1-2H3,(H,18,20). The molecule has 2 aromatic heterocycles. The number of hydrogen-bond donors (Lipinski definition) is 1. The van der Waals surface area contributed by atoms with Crippen LogP contribution in [0.25, 0.3) is 11.2 Å². The van der Waals surface area contributed by atoms with Gasteiger partial charge in [-0.25, -0.2) is 14.6 Å². The lowest BCUT2D eigenvalue weighted by Gasteiger charge is -2.14. The smallest absolute Gasteiger partial charge is 0.297 e. The number of benzene rings is 1. The molecule has 1 aromatic carbocycles. The lowest BCUT2D eigenvalue weighted by atomic mass is 10.2. The van der Waals surface area contributed by atoms with Gasteiger partial charge in [0.25, 0.3) is 5.56 Å². The molecule has 0 atom stereocenters. The molecule has 25 heavy (non-hydrogen) atoms. The first-order valence-electron chi connectivity index (χ1n) is 7.69. The van der Waals surface area contributed by atoms with Crippen molar-refractivity contribution in [3.05, 3.63) is 56.5 Å². The summed E-state index contributed by atoms with van der Waals surface area (Å²) in [6.07, 6.45) is 0. The molecule has 0 unspecified atom stereocenters. The molecule has 3 aromatic rings. The molecule has 1 aliphatic rings. The number of imidazole rings is 1. The average molecular weight is 342 g/mol. The molecule has 0 fully saturated rings. The van der Waals surface area contributed by atoms with Crippen molar-refractivity contribution in [3.8, 4) is 0 Å². The second-order valence-corrected chi connectivity index (χ2v) is 6.01. The fourth-order valence-electron chi connectivity index (χ4n) is 2.93. The van der Waals surface area contributed by atoms with Crippen molar-refractivity contribution in [1.29, 1.82) is 0 Å². The van der Waals surface area contributed by atoms with Crippen LogP contribution in [0.1, 0.15) is 12.5 Å². The number of nitrogens with one attached hydrogen (secondary N) is 1. The SMILES string of the molecule is CC1=NNc2nc3c(c(=O)n(Cc4ccc(F)cc4)c(=O)n3C)n2C1. The van der Waals surface area contributed by atoms with Gasteiger partial charge in [-0.05, 0) is 24.6 Å². The minimum Gasteiger partial charge on any atom is -0.297 e. The molecule has 1 N–H and O–H groups in total. The van der Waals surface area contributed by atoms with Gasteiger partial charge in [0.1, 0.15) is 5.82 Å². The maximum Gasteiger partial charge on any atom is 0.332 e. The predicted octanol–water partition coefficient (Wildman–Crippen LogP) is 0.885. The molecule has 0 bridgehead atoms. The zero-order valence-electron chi connectivity index (χ0n) is 13.7. The molecular weight excluding hydrogens is 327 g/mol. The maximum atomic E-state index is 13.1. The molecule has 0 radical (unpaired) electrons. The van der Waals surface area contributed by atoms with E-state index in [4.69, 9.17) is 0 Å². The van der Waals surface area contributed by atoms with Crippen LogP contribution in [0.4, 0.5) is 10.3 Å². The Morgan fingerprint density at radius 2 is 1.96 bits per heavy atom. The van der Waals surface area contributed by atoms with Gasteiger partial charge in [-0.15, -0.1) is 0 Å². The second-order valence-electron chi connectivity index (χ2n) is 6.01. The van der Waals surface area contributed by atoms with E-state index in [1.54, 1.807) is 23.7 Å². The average Bonchev–Trinajstić information content (AvgIpc) is 2.97. The van der Waals surface area contributed by atoms with E-state index in [-0.39, 0.29) is 12.4 Å². The fraction of sp³-hybridized carbons (Fsp3) is 0.250. The molecule has 128 valence electrons. The van der Waals surface area contributed by atoms with Crippen LogP contribution in [-0.4, -0.2) is 24.4 Å². The van der Waals surface area contributed by atoms with E-state index in [1.807, 2.05) is 6.92 Å². The van der Waals surface area contributed by atoms with Crippen molar-refractivity contribution in [2.45, 2.75) is 20.0 Å². The zero-order chi connectivity index (χ0) is 17.7. The summed E-state index contributed by atoms with van der Waals surface area (Å²) in [5.41, 5.74) is 3.97. The van der Waals surface area contributed by atoms with E-state index in [2.05, 4.69) is 15.5 Å². The van der Waals surface area contributed by atoms with E-state index in [1.165, 1.54) is 16.7 Å². The normalized spacial score (nSPS) is 13.5. The molecule has 0 amide bonds. The van der Waals surface area contributed by atoms with E-state index in [0.29, 0.717) is 29.2 Å². The number of halogens is 1. The van der Waals surface area contributed by atoms with Gasteiger partial charge in [0.15, 0.2) is 11.2 Å². The van der Waals surface area contributed by atoms with E-state index in [0.717, 1.165) is 10.3 Å². The van der Waals surface area contributed by atoms with Gasteiger partial charge >= 0.3 is 5.69 Å². The van der Waals surface area contributed by atoms with Crippen LogP contribution in [0.2, 0.25) is 0 Å². The molecule has 9 heteroatoms. The third-order valence-corrected chi connectivity index (χ3v) is 4.22.